The zero-order chi connectivity index (χ0) is 15.5. The summed E-state index contributed by atoms with van der Waals surface area (Å²) >= 11 is 0. The number of fused-ring (bicyclic) bond motifs is 3. The second kappa shape index (κ2) is 4.72. The molecule has 5 atom stereocenters. The average molecular weight is 288 g/mol. The average Bonchev–Trinajstić information content (AvgIpc) is 2.44. The van der Waals surface area contributed by atoms with Gasteiger partial charge in [-0.2, -0.15) is 0 Å². The smallest absolute Gasteiger partial charge is 0.0631 e. The SMILES string of the molecule is C=C[C@@]1(C)CC[C@]2(C)C3=CC[C@@H](O)C(C)(C)[C@H]3CC[C@@H]2C1. The molecule has 0 bridgehead atoms. The third-order valence-corrected chi connectivity index (χ3v) is 7.48. The molecule has 0 radical (unpaired) electrons. The van der Waals surface area contributed by atoms with Gasteiger partial charge in [-0.15, -0.1) is 6.58 Å². The number of hydrogen-bond donors (Lipinski definition) is 1. The molecule has 3 aliphatic carbocycles. The van der Waals surface area contributed by atoms with Crippen LogP contribution >= 0.6 is 0 Å². The zero-order valence-electron chi connectivity index (χ0n) is 14.3. The molecule has 3 rings (SSSR count). The molecule has 118 valence electrons. The van der Waals surface area contributed by atoms with Gasteiger partial charge >= 0.3 is 0 Å². The maximum atomic E-state index is 10.4. The van der Waals surface area contributed by atoms with Crippen molar-refractivity contribution in [1.29, 1.82) is 0 Å². The first kappa shape index (κ1) is 15.3. The van der Waals surface area contributed by atoms with Gasteiger partial charge in [-0.25, -0.2) is 0 Å². The number of rotatable bonds is 1. The molecule has 0 aromatic rings. The van der Waals surface area contributed by atoms with Crippen molar-refractivity contribution in [3.63, 3.8) is 0 Å². The molecule has 1 heteroatoms. The maximum Gasteiger partial charge on any atom is 0.0631 e. The lowest BCUT2D eigenvalue weighted by Crippen LogP contribution is -2.51. The Hall–Kier alpha value is -0.560. The van der Waals surface area contributed by atoms with E-state index in [4.69, 9.17) is 0 Å². The highest BCUT2D eigenvalue weighted by molar-refractivity contribution is 5.29. The molecule has 1 nitrogen and oxygen atoms in total. The maximum absolute atomic E-state index is 10.4. The van der Waals surface area contributed by atoms with Crippen LogP contribution in [0.1, 0.15) is 66.2 Å². The van der Waals surface area contributed by atoms with Gasteiger partial charge in [-0.1, -0.05) is 45.4 Å². The highest BCUT2D eigenvalue weighted by Gasteiger charge is 2.54. The van der Waals surface area contributed by atoms with Crippen LogP contribution in [-0.2, 0) is 0 Å². The summed E-state index contributed by atoms with van der Waals surface area (Å²) in [5.74, 6) is 1.37. The second-order valence-corrected chi connectivity index (χ2v) is 9.04. The van der Waals surface area contributed by atoms with Gasteiger partial charge in [0.25, 0.3) is 0 Å². The first-order valence-electron chi connectivity index (χ1n) is 8.75. The first-order valence-corrected chi connectivity index (χ1v) is 8.75. The lowest BCUT2D eigenvalue weighted by atomic mass is 9.47. The van der Waals surface area contributed by atoms with Gasteiger partial charge in [0, 0.05) is 0 Å². The van der Waals surface area contributed by atoms with Crippen molar-refractivity contribution < 1.29 is 5.11 Å². The van der Waals surface area contributed by atoms with Crippen LogP contribution in [0.15, 0.2) is 24.3 Å². The van der Waals surface area contributed by atoms with Crippen LogP contribution < -0.4 is 0 Å². The highest BCUT2D eigenvalue weighted by Crippen LogP contribution is 2.63. The second-order valence-electron chi connectivity index (χ2n) is 9.04. The molecule has 0 amide bonds. The van der Waals surface area contributed by atoms with Crippen molar-refractivity contribution >= 4 is 0 Å². The summed E-state index contributed by atoms with van der Waals surface area (Å²) in [6.07, 6.45) is 11.7. The molecule has 2 fully saturated rings. The fourth-order valence-corrected chi connectivity index (χ4v) is 5.47. The van der Waals surface area contributed by atoms with E-state index < -0.39 is 0 Å². The molecular weight excluding hydrogens is 256 g/mol. The lowest BCUT2D eigenvalue weighted by Gasteiger charge is -2.58. The van der Waals surface area contributed by atoms with Crippen LogP contribution in [-0.4, -0.2) is 11.2 Å². The largest absolute Gasteiger partial charge is 0.392 e. The number of aliphatic hydroxyl groups excluding tert-OH is 1. The summed E-state index contributed by atoms with van der Waals surface area (Å²) < 4.78 is 0. The molecule has 0 aliphatic heterocycles. The van der Waals surface area contributed by atoms with E-state index in [2.05, 4.69) is 46.4 Å². The zero-order valence-corrected chi connectivity index (χ0v) is 14.3. The van der Waals surface area contributed by atoms with Gasteiger partial charge in [-0.05, 0) is 66.6 Å². The van der Waals surface area contributed by atoms with Gasteiger partial charge in [0.1, 0.15) is 0 Å². The Morgan fingerprint density at radius 3 is 2.57 bits per heavy atom. The predicted molar refractivity (Wildman–Crippen MR) is 89.0 cm³/mol. The van der Waals surface area contributed by atoms with Crippen LogP contribution in [0.5, 0.6) is 0 Å². The molecule has 0 aromatic heterocycles. The fourth-order valence-electron chi connectivity index (χ4n) is 5.47. The van der Waals surface area contributed by atoms with Crippen molar-refractivity contribution in [3.8, 4) is 0 Å². The van der Waals surface area contributed by atoms with E-state index in [0.717, 1.165) is 12.3 Å². The van der Waals surface area contributed by atoms with Crippen LogP contribution in [0.2, 0.25) is 0 Å². The minimum absolute atomic E-state index is 0.0389. The highest BCUT2D eigenvalue weighted by atomic mass is 16.3. The van der Waals surface area contributed by atoms with E-state index in [1.807, 2.05) is 0 Å². The number of hydrogen-bond acceptors (Lipinski definition) is 1. The van der Waals surface area contributed by atoms with E-state index in [1.54, 1.807) is 5.57 Å². The first-order chi connectivity index (χ1) is 9.73. The van der Waals surface area contributed by atoms with Crippen LogP contribution in [0, 0.1) is 28.1 Å². The standard InChI is InChI=1S/C20H32O/c1-6-19(4)11-12-20(5)14(13-19)7-8-15-16(20)9-10-17(21)18(15,2)3/h6,9,14-15,17,21H,1,7-8,10-13H2,2-5H3/t14-,15+,17-,19+,20+/m1/s1. The third kappa shape index (κ3) is 2.15. The molecule has 0 aromatic carbocycles. The molecule has 3 aliphatic rings. The summed E-state index contributed by atoms with van der Waals surface area (Å²) in [7, 11) is 0. The van der Waals surface area contributed by atoms with Crippen molar-refractivity contribution in [2.24, 2.45) is 28.1 Å². The van der Waals surface area contributed by atoms with E-state index in [-0.39, 0.29) is 11.5 Å². The Morgan fingerprint density at radius 2 is 1.90 bits per heavy atom. The Morgan fingerprint density at radius 1 is 1.19 bits per heavy atom. The molecular formula is C20H32O. The van der Waals surface area contributed by atoms with Crippen LogP contribution in [0.3, 0.4) is 0 Å². The van der Waals surface area contributed by atoms with Gasteiger partial charge in [-0.3, -0.25) is 0 Å². The Labute approximate surface area is 130 Å². The minimum atomic E-state index is -0.173. The van der Waals surface area contributed by atoms with Gasteiger partial charge in [0.2, 0.25) is 0 Å². The summed E-state index contributed by atoms with van der Waals surface area (Å²) in [6, 6.07) is 0. The quantitative estimate of drug-likeness (QED) is 0.665. The normalized spacial score (nSPS) is 48.8. The van der Waals surface area contributed by atoms with E-state index in [1.165, 1.54) is 32.1 Å². The Kier molecular flexibility index (Phi) is 3.44. The van der Waals surface area contributed by atoms with Crippen LogP contribution in [0.4, 0.5) is 0 Å². The summed E-state index contributed by atoms with van der Waals surface area (Å²) in [4.78, 5) is 0. The minimum Gasteiger partial charge on any atom is -0.392 e. The fraction of sp³-hybridized carbons (Fsp3) is 0.800. The molecule has 0 heterocycles. The molecule has 2 saturated carbocycles. The van der Waals surface area contributed by atoms with Gasteiger partial charge in [0.15, 0.2) is 0 Å². The molecule has 0 saturated heterocycles. The third-order valence-electron chi connectivity index (χ3n) is 7.48. The Balaban J connectivity index is 1.95. The molecule has 0 spiro atoms. The van der Waals surface area contributed by atoms with E-state index in [9.17, 15) is 5.11 Å². The van der Waals surface area contributed by atoms with E-state index in [0.29, 0.717) is 16.7 Å². The van der Waals surface area contributed by atoms with Crippen molar-refractivity contribution in [2.75, 3.05) is 0 Å². The summed E-state index contributed by atoms with van der Waals surface area (Å²) in [5, 5.41) is 10.4. The molecule has 0 unspecified atom stereocenters. The number of aliphatic hydroxyl groups is 1. The summed E-state index contributed by atoms with van der Waals surface area (Å²) in [6.45, 7) is 13.5. The van der Waals surface area contributed by atoms with Gasteiger partial charge in [0.05, 0.1) is 6.10 Å². The topological polar surface area (TPSA) is 20.2 Å². The van der Waals surface area contributed by atoms with Crippen LogP contribution in [0.25, 0.3) is 0 Å². The lowest BCUT2D eigenvalue weighted by molar-refractivity contribution is -0.0391. The molecule has 21 heavy (non-hydrogen) atoms. The van der Waals surface area contributed by atoms with Crippen molar-refractivity contribution in [1.82, 2.24) is 0 Å². The molecule has 1 N–H and O–H groups in total. The monoisotopic (exact) mass is 288 g/mol. The van der Waals surface area contributed by atoms with E-state index >= 15 is 0 Å². The predicted octanol–water partition coefficient (Wildman–Crippen LogP) is 5.11. The van der Waals surface area contributed by atoms with Crippen molar-refractivity contribution in [3.05, 3.63) is 24.3 Å². The number of allylic oxidation sites excluding steroid dienone is 2. The van der Waals surface area contributed by atoms with Crippen molar-refractivity contribution in [2.45, 2.75) is 72.3 Å². The Bertz CT molecular complexity index is 474. The van der Waals surface area contributed by atoms with Gasteiger partial charge < -0.3 is 5.11 Å². The summed E-state index contributed by atoms with van der Waals surface area (Å²) in [5.41, 5.74) is 2.42.